The lowest BCUT2D eigenvalue weighted by atomic mass is 9.79. The molecule has 3 rings (SSSR count). The first kappa shape index (κ1) is 17.6. The van der Waals surface area contributed by atoms with E-state index in [9.17, 15) is 9.90 Å². The maximum atomic E-state index is 12.6. The Morgan fingerprint density at radius 3 is 2.80 bits per heavy atom. The van der Waals surface area contributed by atoms with Gasteiger partial charge in [-0.2, -0.15) is 5.10 Å². The summed E-state index contributed by atoms with van der Waals surface area (Å²) in [6.45, 7) is 1.10. The molecule has 6 nitrogen and oxygen atoms in total. The van der Waals surface area contributed by atoms with Crippen LogP contribution in [0.4, 0.5) is 0 Å². The number of hydrogen-bond acceptors (Lipinski definition) is 4. The Morgan fingerprint density at radius 2 is 2.16 bits per heavy atom. The topological polar surface area (TPSA) is 72.5 Å². The molecule has 1 fully saturated rings. The van der Waals surface area contributed by atoms with Gasteiger partial charge in [-0.05, 0) is 38.1 Å². The van der Waals surface area contributed by atoms with E-state index in [0.29, 0.717) is 32.4 Å². The van der Waals surface area contributed by atoms with Crippen molar-refractivity contribution in [2.24, 2.45) is 0 Å². The number of nitrogens with zero attached hydrogens (tertiary/aromatic N) is 3. The fourth-order valence-electron chi connectivity index (χ4n) is 3.63. The number of benzene rings is 1. The van der Waals surface area contributed by atoms with Gasteiger partial charge in [-0.3, -0.25) is 9.89 Å². The minimum absolute atomic E-state index is 0.128. The largest absolute Gasteiger partial charge is 0.383 e. The van der Waals surface area contributed by atoms with Gasteiger partial charge in [-0.25, -0.2) is 0 Å². The van der Waals surface area contributed by atoms with Crippen LogP contribution in [0.2, 0.25) is 0 Å². The van der Waals surface area contributed by atoms with E-state index in [4.69, 9.17) is 0 Å². The zero-order valence-corrected chi connectivity index (χ0v) is 14.9. The molecule has 0 unspecified atom stereocenters. The number of likely N-dealkylation sites (tertiary alicyclic amines) is 1. The standard InChI is InChI=1S/C19H26N4O2/c1-22(2)17-14-23(18(24)9-8-15-12-20-21-13-15)11-10-19(17,25)16-6-4-3-5-7-16/h3-7,12-13,17,25H,8-11,14H2,1-2H3,(H,20,21)/t17-,19+/m1/s1. The summed E-state index contributed by atoms with van der Waals surface area (Å²) in [5.74, 6) is 0.128. The van der Waals surface area contributed by atoms with E-state index in [2.05, 4.69) is 10.2 Å². The van der Waals surface area contributed by atoms with Crippen LogP contribution in [0.15, 0.2) is 42.7 Å². The molecule has 2 N–H and O–H groups in total. The molecule has 6 heteroatoms. The summed E-state index contributed by atoms with van der Waals surface area (Å²) in [5, 5.41) is 18.0. The normalized spacial score (nSPS) is 23.8. The molecule has 0 radical (unpaired) electrons. The lowest BCUT2D eigenvalue weighted by molar-refractivity contribution is -0.141. The predicted octanol–water partition coefficient (Wildman–Crippen LogP) is 1.39. The fourth-order valence-corrected chi connectivity index (χ4v) is 3.63. The van der Waals surface area contributed by atoms with Crippen LogP contribution in [-0.2, 0) is 16.8 Å². The van der Waals surface area contributed by atoms with Crippen molar-refractivity contribution in [1.82, 2.24) is 20.0 Å². The Balaban J connectivity index is 1.70. The third-order valence-electron chi connectivity index (χ3n) is 5.14. The summed E-state index contributed by atoms with van der Waals surface area (Å²) in [6, 6.07) is 9.64. The van der Waals surface area contributed by atoms with E-state index in [0.717, 1.165) is 11.1 Å². The Labute approximate surface area is 148 Å². The Hall–Kier alpha value is -2.18. The van der Waals surface area contributed by atoms with Crippen LogP contribution in [0.3, 0.4) is 0 Å². The molecule has 1 aliphatic rings. The quantitative estimate of drug-likeness (QED) is 0.861. The van der Waals surface area contributed by atoms with Gasteiger partial charge in [0, 0.05) is 25.7 Å². The van der Waals surface area contributed by atoms with Gasteiger partial charge in [0.2, 0.25) is 5.91 Å². The van der Waals surface area contributed by atoms with Gasteiger partial charge in [0.25, 0.3) is 0 Å². The molecule has 134 valence electrons. The molecule has 25 heavy (non-hydrogen) atoms. The number of aryl methyl sites for hydroxylation is 1. The molecule has 1 aliphatic heterocycles. The first-order valence-electron chi connectivity index (χ1n) is 8.70. The number of H-pyrrole nitrogens is 1. The first-order valence-corrected chi connectivity index (χ1v) is 8.70. The first-order chi connectivity index (χ1) is 12.0. The number of carbonyl (C=O) groups is 1. The minimum atomic E-state index is -0.938. The van der Waals surface area contributed by atoms with Crippen molar-refractivity contribution in [3.8, 4) is 0 Å². The lowest BCUT2D eigenvalue weighted by Crippen LogP contribution is -2.60. The number of aliphatic hydroxyl groups is 1. The second kappa shape index (κ2) is 7.37. The molecule has 2 heterocycles. The SMILES string of the molecule is CN(C)[C@@H]1CN(C(=O)CCc2cn[nH]c2)CC[C@]1(O)c1ccccc1. The van der Waals surface area contributed by atoms with Gasteiger partial charge in [-0.15, -0.1) is 0 Å². The molecule has 2 atom stereocenters. The highest BCUT2D eigenvalue weighted by Crippen LogP contribution is 2.35. The molecule has 0 aliphatic carbocycles. The fraction of sp³-hybridized carbons (Fsp3) is 0.474. The maximum absolute atomic E-state index is 12.6. The zero-order chi connectivity index (χ0) is 17.9. The van der Waals surface area contributed by atoms with Gasteiger partial charge in [0.05, 0.1) is 12.2 Å². The molecule has 1 aromatic heterocycles. The number of aromatic nitrogens is 2. The molecule has 0 saturated carbocycles. The summed E-state index contributed by atoms with van der Waals surface area (Å²) in [6.07, 6.45) is 5.25. The summed E-state index contributed by atoms with van der Waals surface area (Å²) in [4.78, 5) is 16.5. The summed E-state index contributed by atoms with van der Waals surface area (Å²) in [7, 11) is 3.91. The van der Waals surface area contributed by atoms with Crippen molar-refractivity contribution in [2.45, 2.75) is 30.9 Å². The maximum Gasteiger partial charge on any atom is 0.222 e. The van der Waals surface area contributed by atoms with Crippen LogP contribution in [0.1, 0.15) is 24.0 Å². The van der Waals surface area contributed by atoms with Crippen molar-refractivity contribution < 1.29 is 9.90 Å². The van der Waals surface area contributed by atoms with E-state index in [1.54, 1.807) is 6.20 Å². The van der Waals surface area contributed by atoms with Gasteiger partial charge in [0.15, 0.2) is 0 Å². The van der Waals surface area contributed by atoms with E-state index in [1.807, 2.05) is 60.4 Å². The number of hydrogen-bond donors (Lipinski definition) is 2. The number of nitrogens with one attached hydrogen (secondary N) is 1. The monoisotopic (exact) mass is 342 g/mol. The van der Waals surface area contributed by atoms with Gasteiger partial charge in [0.1, 0.15) is 5.60 Å². The molecule has 1 aromatic carbocycles. The number of rotatable bonds is 5. The Bertz CT molecular complexity index is 687. The van der Waals surface area contributed by atoms with Crippen LogP contribution in [0.25, 0.3) is 0 Å². The number of carbonyl (C=O) groups excluding carboxylic acids is 1. The molecular weight excluding hydrogens is 316 g/mol. The summed E-state index contributed by atoms with van der Waals surface area (Å²) < 4.78 is 0. The van der Waals surface area contributed by atoms with E-state index < -0.39 is 5.60 Å². The predicted molar refractivity (Wildman–Crippen MR) is 95.9 cm³/mol. The Morgan fingerprint density at radius 1 is 1.40 bits per heavy atom. The van der Waals surface area contributed by atoms with Crippen LogP contribution in [0, 0.1) is 0 Å². The van der Waals surface area contributed by atoms with E-state index in [1.165, 1.54) is 0 Å². The molecule has 1 saturated heterocycles. The number of aromatic amines is 1. The van der Waals surface area contributed by atoms with Crippen LogP contribution < -0.4 is 0 Å². The molecule has 2 aromatic rings. The highest BCUT2D eigenvalue weighted by molar-refractivity contribution is 5.76. The van der Waals surface area contributed by atoms with Crippen LogP contribution >= 0.6 is 0 Å². The molecular formula is C19H26N4O2. The van der Waals surface area contributed by atoms with Crippen molar-refractivity contribution in [2.75, 3.05) is 27.2 Å². The number of amides is 1. The molecule has 1 amide bonds. The smallest absolute Gasteiger partial charge is 0.222 e. The molecule has 0 bridgehead atoms. The highest BCUT2D eigenvalue weighted by Gasteiger charge is 2.44. The van der Waals surface area contributed by atoms with Crippen molar-refractivity contribution >= 4 is 5.91 Å². The third-order valence-corrected chi connectivity index (χ3v) is 5.14. The second-order valence-corrected chi connectivity index (χ2v) is 6.97. The lowest BCUT2D eigenvalue weighted by Gasteiger charge is -2.47. The average Bonchev–Trinajstić information content (AvgIpc) is 3.14. The summed E-state index contributed by atoms with van der Waals surface area (Å²) >= 11 is 0. The highest BCUT2D eigenvalue weighted by atomic mass is 16.3. The van der Waals surface area contributed by atoms with Crippen LogP contribution in [0.5, 0.6) is 0 Å². The van der Waals surface area contributed by atoms with E-state index >= 15 is 0 Å². The van der Waals surface area contributed by atoms with Crippen molar-refractivity contribution in [3.63, 3.8) is 0 Å². The Kier molecular flexibility index (Phi) is 5.20. The average molecular weight is 342 g/mol. The van der Waals surface area contributed by atoms with Gasteiger partial charge in [-0.1, -0.05) is 30.3 Å². The van der Waals surface area contributed by atoms with Gasteiger partial charge >= 0.3 is 0 Å². The van der Waals surface area contributed by atoms with Crippen molar-refractivity contribution in [3.05, 3.63) is 53.9 Å². The third kappa shape index (κ3) is 3.75. The number of piperidine rings is 1. The van der Waals surface area contributed by atoms with Crippen LogP contribution in [-0.4, -0.2) is 64.2 Å². The van der Waals surface area contributed by atoms with E-state index in [-0.39, 0.29) is 11.9 Å². The van der Waals surface area contributed by atoms with Crippen molar-refractivity contribution in [1.29, 1.82) is 0 Å². The van der Waals surface area contributed by atoms with Gasteiger partial charge < -0.3 is 14.9 Å². The minimum Gasteiger partial charge on any atom is -0.383 e. The zero-order valence-electron chi connectivity index (χ0n) is 14.9. The second-order valence-electron chi connectivity index (χ2n) is 6.97. The number of likely N-dealkylation sites (N-methyl/N-ethyl adjacent to an activating group) is 1. The molecule has 0 spiro atoms. The summed E-state index contributed by atoms with van der Waals surface area (Å²) in [5.41, 5.74) is 1.01.